The molecule has 3 rings (SSSR count). The second-order valence-electron chi connectivity index (χ2n) is 7.29. The Balaban J connectivity index is 0.00000208. The van der Waals surface area contributed by atoms with Gasteiger partial charge < -0.3 is 15.4 Å². The highest BCUT2D eigenvalue weighted by Crippen LogP contribution is 2.51. The number of halogens is 1. The molecule has 1 spiro atoms. The highest BCUT2D eigenvalue weighted by atomic mass is 35.5. The Morgan fingerprint density at radius 1 is 1.33 bits per heavy atom. The van der Waals surface area contributed by atoms with Crippen LogP contribution in [-0.4, -0.2) is 32.2 Å². The summed E-state index contributed by atoms with van der Waals surface area (Å²) in [5.41, 5.74) is 2.62. The highest BCUT2D eigenvalue weighted by molar-refractivity contribution is 5.85. The van der Waals surface area contributed by atoms with Crippen LogP contribution in [0.5, 0.6) is 0 Å². The number of carbonyl (C=O) groups excluding carboxylic acids is 1. The number of carbonyl (C=O) groups is 1. The monoisotopic (exact) mass is 352 g/mol. The van der Waals surface area contributed by atoms with E-state index >= 15 is 0 Å². The average molecular weight is 353 g/mol. The van der Waals surface area contributed by atoms with Gasteiger partial charge in [-0.2, -0.15) is 0 Å². The van der Waals surface area contributed by atoms with Crippen LogP contribution in [0.15, 0.2) is 24.3 Å². The third kappa shape index (κ3) is 3.32. The van der Waals surface area contributed by atoms with Crippen molar-refractivity contribution in [1.82, 2.24) is 10.6 Å². The minimum Gasteiger partial charge on any atom is -0.378 e. The fourth-order valence-corrected chi connectivity index (χ4v) is 4.40. The molecule has 1 aliphatic carbocycles. The molecule has 134 valence electrons. The minimum absolute atomic E-state index is 0. The quantitative estimate of drug-likeness (QED) is 0.875. The lowest BCUT2D eigenvalue weighted by atomic mass is 9.72. The van der Waals surface area contributed by atoms with E-state index < -0.39 is 0 Å². The molecule has 5 heteroatoms. The van der Waals surface area contributed by atoms with Crippen molar-refractivity contribution in [3.63, 3.8) is 0 Å². The van der Waals surface area contributed by atoms with E-state index in [0.29, 0.717) is 12.3 Å². The molecule has 0 bridgehead atoms. The lowest BCUT2D eigenvalue weighted by Crippen LogP contribution is -2.49. The summed E-state index contributed by atoms with van der Waals surface area (Å²) in [6.07, 6.45) is 2.68. The second kappa shape index (κ2) is 7.85. The zero-order valence-corrected chi connectivity index (χ0v) is 15.6. The number of nitrogens with one attached hydrogen (secondary N) is 2. The van der Waals surface area contributed by atoms with Crippen LogP contribution in [0.2, 0.25) is 0 Å². The van der Waals surface area contributed by atoms with E-state index in [-0.39, 0.29) is 35.9 Å². The first-order chi connectivity index (χ1) is 11.1. The molecule has 1 aromatic rings. The predicted molar refractivity (Wildman–Crippen MR) is 98.6 cm³/mol. The van der Waals surface area contributed by atoms with Crippen molar-refractivity contribution in [3.05, 3.63) is 35.4 Å². The molecular weight excluding hydrogens is 324 g/mol. The molecule has 1 saturated heterocycles. The van der Waals surface area contributed by atoms with Crippen LogP contribution >= 0.6 is 12.4 Å². The third-order valence-electron chi connectivity index (χ3n) is 5.34. The summed E-state index contributed by atoms with van der Waals surface area (Å²) in [5, 5.41) is 6.70. The Morgan fingerprint density at radius 2 is 2.00 bits per heavy atom. The Morgan fingerprint density at radius 3 is 2.62 bits per heavy atom. The smallest absolute Gasteiger partial charge is 0.220 e. The van der Waals surface area contributed by atoms with Gasteiger partial charge in [0, 0.05) is 18.9 Å². The summed E-state index contributed by atoms with van der Waals surface area (Å²) in [5.74, 6) is 0.480. The first-order valence-corrected chi connectivity index (χ1v) is 8.71. The summed E-state index contributed by atoms with van der Waals surface area (Å²) in [7, 11) is 1.78. The molecule has 1 aromatic carbocycles. The van der Waals surface area contributed by atoms with Crippen LogP contribution in [0.4, 0.5) is 0 Å². The van der Waals surface area contributed by atoms with Crippen LogP contribution in [0, 0.1) is 5.92 Å². The summed E-state index contributed by atoms with van der Waals surface area (Å²) in [4.78, 5) is 12.4. The predicted octanol–water partition coefficient (Wildman–Crippen LogP) is 2.96. The largest absolute Gasteiger partial charge is 0.378 e. The van der Waals surface area contributed by atoms with Crippen LogP contribution in [-0.2, 0) is 14.9 Å². The van der Waals surface area contributed by atoms with E-state index in [0.717, 1.165) is 25.9 Å². The third-order valence-corrected chi connectivity index (χ3v) is 5.34. The first kappa shape index (κ1) is 19.2. The second-order valence-corrected chi connectivity index (χ2v) is 7.29. The first-order valence-electron chi connectivity index (χ1n) is 8.71. The van der Waals surface area contributed by atoms with Gasteiger partial charge in [0.1, 0.15) is 0 Å². The Hall–Kier alpha value is -1.10. The molecule has 24 heavy (non-hydrogen) atoms. The molecule has 1 heterocycles. The Kier molecular flexibility index (Phi) is 6.29. The van der Waals surface area contributed by atoms with E-state index in [9.17, 15) is 4.79 Å². The van der Waals surface area contributed by atoms with Gasteiger partial charge in [-0.3, -0.25) is 4.79 Å². The molecule has 4 nitrogen and oxygen atoms in total. The van der Waals surface area contributed by atoms with E-state index in [2.05, 4.69) is 48.7 Å². The lowest BCUT2D eigenvalue weighted by Gasteiger charge is -2.40. The lowest BCUT2D eigenvalue weighted by molar-refractivity contribution is -0.124. The molecule has 1 amide bonds. The summed E-state index contributed by atoms with van der Waals surface area (Å²) in [6, 6.07) is 8.50. The summed E-state index contributed by atoms with van der Waals surface area (Å²) in [6.45, 7) is 6.15. The van der Waals surface area contributed by atoms with Crippen molar-refractivity contribution in [2.45, 2.75) is 50.7 Å². The number of methoxy groups -OCH3 is 1. The maximum atomic E-state index is 12.4. The van der Waals surface area contributed by atoms with E-state index in [1.165, 1.54) is 11.1 Å². The number of amides is 1. The number of piperidine rings is 1. The maximum Gasteiger partial charge on any atom is 0.220 e. The SMILES string of the molecule is CO[C@H]1[C@H](NC(=O)CC(C)C)c2ccccc2C12CCNCC2.Cl. The summed E-state index contributed by atoms with van der Waals surface area (Å²) >= 11 is 0. The van der Waals surface area contributed by atoms with E-state index in [1.54, 1.807) is 7.11 Å². The van der Waals surface area contributed by atoms with Crippen LogP contribution in [0.3, 0.4) is 0 Å². The van der Waals surface area contributed by atoms with Gasteiger partial charge in [0.25, 0.3) is 0 Å². The number of rotatable bonds is 4. The fraction of sp³-hybridized carbons (Fsp3) is 0.632. The van der Waals surface area contributed by atoms with Crippen molar-refractivity contribution in [3.8, 4) is 0 Å². The fourth-order valence-electron chi connectivity index (χ4n) is 4.40. The van der Waals surface area contributed by atoms with Gasteiger partial charge in [0.2, 0.25) is 5.91 Å². The van der Waals surface area contributed by atoms with Crippen LogP contribution in [0.1, 0.15) is 50.3 Å². The highest BCUT2D eigenvalue weighted by Gasteiger charge is 2.53. The van der Waals surface area contributed by atoms with Crippen molar-refractivity contribution in [2.24, 2.45) is 5.92 Å². The van der Waals surface area contributed by atoms with E-state index in [1.807, 2.05) is 0 Å². The molecule has 2 N–H and O–H groups in total. The van der Waals surface area contributed by atoms with Crippen molar-refractivity contribution >= 4 is 18.3 Å². The zero-order chi connectivity index (χ0) is 16.4. The average Bonchev–Trinajstić information content (AvgIpc) is 2.77. The molecule has 0 radical (unpaired) electrons. The van der Waals surface area contributed by atoms with Gasteiger partial charge in [-0.05, 0) is 43.0 Å². The van der Waals surface area contributed by atoms with Gasteiger partial charge in [0.15, 0.2) is 0 Å². The van der Waals surface area contributed by atoms with Gasteiger partial charge in [-0.1, -0.05) is 38.1 Å². The molecular formula is C19H29ClN2O2. The van der Waals surface area contributed by atoms with Crippen molar-refractivity contribution in [1.29, 1.82) is 0 Å². The zero-order valence-electron chi connectivity index (χ0n) is 14.8. The van der Waals surface area contributed by atoms with Gasteiger partial charge in [-0.25, -0.2) is 0 Å². The standard InChI is InChI=1S/C19H28N2O2.ClH/c1-13(2)12-16(22)21-17-14-6-4-5-7-15(14)19(18(17)23-3)8-10-20-11-9-19;/h4-7,13,17-18,20H,8-12H2,1-3H3,(H,21,22);1H/t17-,18+;/m1./s1. The molecule has 2 aliphatic rings. The summed E-state index contributed by atoms with van der Waals surface area (Å²) < 4.78 is 5.96. The number of benzene rings is 1. The minimum atomic E-state index is -0.0412. The Labute approximate surface area is 151 Å². The molecule has 1 aliphatic heterocycles. The van der Waals surface area contributed by atoms with Crippen molar-refractivity contribution < 1.29 is 9.53 Å². The van der Waals surface area contributed by atoms with E-state index in [4.69, 9.17) is 4.74 Å². The van der Waals surface area contributed by atoms with Crippen LogP contribution in [0.25, 0.3) is 0 Å². The molecule has 1 fully saturated rings. The number of hydrogen-bond acceptors (Lipinski definition) is 3. The van der Waals surface area contributed by atoms with Crippen LogP contribution < -0.4 is 10.6 Å². The topological polar surface area (TPSA) is 50.4 Å². The van der Waals surface area contributed by atoms with Gasteiger partial charge >= 0.3 is 0 Å². The molecule has 0 saturated carbocycles. The van der Waals surface area contributed by atoms with Crippen molar-refractivity contribution in [2.75, 3.05) is 20.2 Å². The molecule has 0 aromatic heterocycles. The maximum absolute atomic E-state index is 12.4. The molecule has 0 unspecified atom stereocenters. The normalized spacial score (nSPS) is 24.5. The van der Waals surface area contributed by atoms with Gasteiger partial charge in [-0.15, -0.1) is 12.4 Å². The number of fused-ring (bicyclic) bond motifs is 2. The number of hydrogen-bond donors (Lipinski definition) is 2. The Bertz CT molecular complexity index is 570. The molecule has 2 atom stereocenters. The number of ether oxygens (including phenoxy) is 1. The van der Waals surface area contributed by atoms with Gasteiger partial charge in [0.05, 0.1) is 12.1 Å².